The van der Waals surface area contributed by atoms with Crippen LogP contribution in [0.5, 0.6) is 0 Å². The number of Topliss-reactive ketones (excluding diaryl/α,β-unsaturated/α-hetero) is 1. The summed E-state index contributed by atoms with van der Waals surface area (Å²) in [5, 5.41) is 0. The third-order valence-corrected chi connectivity index (χ3v) is 5.30. The number of hydrogen-bond donors (Lipinski definition) is 0. The lowest BCUT2D eigenvalue weighted by molar-refractivity contribution is -0.149. The Morgan fingerprint density at radius 2 is 1.47 bits per heavy atom. The van der Waals surface area contributed by atoms with Crippen molar-refractivity contribution in [2.24, 2.45) is 17.8 Å². The van der Waals surface area contributed by atoms with E-state index in [9.17, 15) is 4.79 Å². The predicted molar refractivity (Wildman–Crippen MR) is 78.1 cm³/mol. The van der Waals surface area contributed by atoms with Crippen molar-refractivity contribution in [1.82, 2.24) is 0 Å². The molecule has 19 heavy (non-hydrogen) atoms. The fourth-order valence-corrected chi connectivity index (χ4v) is 4.38. The van der Waals surface area contributed by atoms with E-state index in [-0.39, 0.29) is 5.92 Å². The monoisotopic (exact) mass is 266 g/mol. The van der Waals surface area contributed by atoms with Gasteiger partial charge >= 0.3 is 0 Å². The van der Waals surface area contributed by atoms with Crippen LogP contribution in [0.15, 0.2) is 0 Å². The number of carbonyl (C=O) groups excluding carboxylic acids is 1. The largest absolute Gasteiger partial charge is 0.370 e. The minimum atomic E-state index is -0.446. The van der Waals surface area contributed by atoms with Crippen molar-refractivity contribution >= 4 is 5.78 Å². The summed E-state index contributed by atoms with van der Waals surface area (Å²) in [6.45, 7) is 4.59. The summed E-state index contributed by atoms with van der Waals surface area (Å²) in [5.41, 5.74) is -0.446. The van der Waals surface area contributed by atoms with Gasteiger partial charge in [0.1, 0.15) is 5.60 Å². The third kappa shape index (κ3) is 3.39. The van der Waals surface area contributed by atoms with E-state index in [1.165, 1.54) is 19.3 Å². The first-order valence-electron chi connectivity index (χ1n) is 8.17. The van der Waals surface area contributed by atoms with E-state index in [2.05, 4.69) is 13.8 Å². The number of carbonyl (C=O) groups is 1. The Morgan fingerprint density at radius 3 is 1.95 bits per heavy atom. The Morgan fingerprint density at radius 1 is 0.947 bits per heavy atom. The summed E-state index contributed by atoms with van der Waals surface area (Å²) in [5.74, 6) is 2.06. The number of hydrogen-bond acceptors (Lipinski definition) is 2. The predicted octanol–water partition coefficient (Wildman–Crippen LogP) is 4.37. The van der Waals surface area contributed by atoms with Crippen LogP contribution in [-0.2, 0) is 9.53 Å². The molecular formula is C17H30O2. The first-order valence-corrected chi connectivity index (χ1v) is 8.17. The molecule has 0 saturated heterocycles. The van der Waals surface area contributed by atoms with Crippen molar-refractivity contribution in [2.45, 2.75) is 77.2 Å². The Bertz CT molecular complexity index is 292. The lowest BCUT2D eigenvalue weighted by Crippen LogP contribution is -2.45. The zero-order valence-corrected chi connectivity index (χ0v) is 12.9. The van der Waals surface area contributed by atoms with Crippen molar-refractivity contribution in [3.8, 4) is 0 Å². The van der Waals surface area contributed by atoms with Crippen LogP contribution < -0.4 is 0 Å². The van der Waals surface area contributed by atoms with Gasteiger partial charge in [-0.25, -0.2) is 0 Å². The quantitative estimate of drug-likeness (QED) is 0.709. The number of ketones is 1. The molecule has 0 heterocycles. The van der Waals surface area contributed by atoms with E-state index in [0.717, 1.165) is 38.5 Å². The zero-order chi connectivity index (χ0) is 13.9. The van der Waals surface area contributed by atoms with Gasteiger partial charge in [-0.15, -0.1) is 0 Å². The SMILES string of the molecule is COC1(C(=O)C2CC(C)CC(C)C2)CCCCCC1. The van der Waals surface area contributed by atoms with Crippen molar-refractivity contribution in [2.75, 3.05) is 7.11 Å². The van der Waals surface area contributed by atoms with Crippen LogP contribution in [0.3, 0.4) is 0 Å². The zero-order valence-electron chi connectivity index (χ0n) is 12.9. The molecule has 0 aromatic heterocycles. The average molecular weight is 266 g/mol. The molecule has 0 bridgehead atoms. The molecule has 2 heteroatoms. The van der Waals surface area contributed by atoms with E-state index in [0.29, 0.717) is 17.6 Å². The van der Waals surface area contributed by atoms with Gasteiger partial charge in [0.05, 0.1) is 0 Å². The van der Waals surface area contributed by atoms with Gasteiger partial charge < -0.3 is 4.74 Å². The van der Waals surface area contributed by atoms with Gasteiger partial charge in [-0.1, -0.05) is 39.5 Å². The minimum absolute atomic E-state index is 0.247. The molecular weight excluding hydrogens is 236 g/mol. The normalized spacial score (nSPS) is 35.6. The van der Waals surface area contributed by atoms with Crippen LogP contribution in [0.25, 0.3) is 0 Å². The molecule has 2 fully saturated rings. The number of ether oxygens (including phenoxy) is 1. The summed E-state index contributed by atoms with van der Waals surface area (Å²) >= 11 is 0. The molecule has 0 aromatic carbocycles. The minimum Gasteiger partial charge on any atom is -0.370 e. The van der Waals surface area contributed by atoms with Crippen molar-refractivity contribution in [1.29, 1.82) is 0 Å². The van der Waals surface area contributed by atoms with Crippen LogP contribution in [0.1, 0.15) is 71.6 Å². The Labute approximate surface area is 118 Å². The fraction of sp³-hybridized carbons (Fsp3) is 0.941. The van der Waals surface area contributed by atoms with E-state index in [1.54, 1.807) is 7.11 Å². The van der Waals surface area contributed by atoms with Crippen molar-refractivity contribution in [3.05, 3.63) is 0 Å². The Kier molecular flexibility index (Phi) is 5.05. The molecule has 0 aromatic rings. The molecule has 0 radical (unpaired) electrons. The molecule has 110 valence electrons. The fourth-order valence-electron chi connectivity index (χ4n) is 4.38. The second-order valence-electron chi connectivity index (χ2n) is 7.09. The molecule has 2 saturated carbocycles. The summed E-state index contributed by atoms with van der Waals surface area (Å²) in [7, 11) is 1.75. The summed E-state index contributed by atoms with van der Waals surface area (Å²) in [6.07, 6.45) is 10.1. The molecule has 0 N–H and O–H groups in total. The highest BCUT2D eigenvalue weighted by atomic mass is 16.5. The first-order chi connectivity index (χ1) is 9.07. The van der Waals surface area contributed by atoms with Crippen molar-refractivity contribution in [3.63, 3.8) is 0 Å². The smallest absolute Gasteiger partial charge is 0.167 e. The summed E-state index contributed by atoms with van der Waals surface area (Å²) in [4.78, 5) is 13.0. The maximum atomic E-state index is 13.0. The van der Waals surface area contributed by atoms with Crippen LogP contribution in [0.2, 0.25) is 0 Å². The molecule has 2 rings (SSSR count). The Hall–Kier alpha value is -0.370. The summed E-state index contributed by atoms with van der Waals surface area (Å²) < 4.78 is 5.79. The highest BCUT2D eigenvalue weighted by Gasteiger charge is 2.43. The van der Waals surface area contributed by atoms with Gasteiger partial charge in [0.25, 0.3) is 0 Å². The molecule has 2 aliphatic carbocycles. The van der Waals surface area contributed by atoms with Gasteiger partial charge in [0.2, 0.25) is 0 Å². The van der Waals surface area contributed by atoms with E-state index in [1.807, 2.05) is 0 Å². The molecule has 2 atom stereocenters. The lowest BCUT2D eigenvalue weighted by atomic mass is 9.70. The highest BCUT2D eigenvalue weighted by molar-refractivity contribution is 5.89. The van der Waals surface area contributed by atoms with E-state index < -0.39 is 5.60 Å². The Balaban J connectivity index is 2.10. The molecule has 0 aliphatic heterocycles. The molecule has 2 unspecified atom stereocenters. The molecule has 2 aliphatic rings. The standard InChI is InChI=1S/C17H30O2/c1-13-10-14(2)12-15(11-13)16(18)17(19-3)8-6-4-5-7-9-17/h13-15H,4-12H2,1-3H3. The topological polar surface area (TPSA) is 26.3 Å². The van der Waals surface area contributed by atoms with Gasteiger partial charge in [0.15, 0.2) is 5.78 Å². The van der Waals surface area contributed by atoms with Gasteiger partial charge in [0, 0.05) is 13.0 Å². The average Bonchev–Trinajstić information content (AvgIpc) is 2.63. The maximum Gasteiger partial charge on any atom is 0.167 e. The lowest BCUT2D eigenvalue weighted by Gasteiger charge is -2.38. The molecule has 2 nitrogen and oxygen atoms in total. The van der Waals surface area contributed by atoms with Gasteiger partial charge in [-0.3, -0.25) is 4.79 Å². The van der Waals surface area contributed by atoms with Crippen LogP contribution in [0, 0.1) is 17.8 Å². The highest BCUT2D eigenvalue weighted by Crippen LogP contribution is 2.40. The second kappa shape index (κ2) is 6.39. The summed E-state index contributed by atoms with van der Waals surface area (Å²) in [6, 6.07) is 0. The van der Waals surface area contributed by atoms with Crippen molar-refractivity contribution < 1.29 is 9.53 Å². The first kappa shape index (κ1) is 15.0. The van der Waals surface area contributed by atoms with Crippen LogP contribution >= 0.6 is 0 Å². The van der Waals surface area contributed by atoms with E-state index >= 15 is 0 Å². The molecule has 0 amide bonds. The van der Waals surface area contributed by atoms with Crippen LogP contribution in [-0.4, -0.2) is 18.5 Å². The third-order valence-electron chi connectivity index (χ3n) is 5.30. The van der Waals surface area contributed by atoms with Gasteiger partial charge in [-0.05, 0) is 43.9 Å². The number of methoxy groups -OCH3 is 1. The maximum absolute atomic E-state index is 13.0. The van der Waals surface area contributed by atoms with E-state index in [4.69, 9.17) is 4.74 Å². The molecule has 0 spiro atoms. The van der Waals surface area contributed by atoms with Gasteiger partial charge in [-0.2, -0.15) is 0 Å². The number of rotatable bonds is 3. The van der Waals surface area contributed by atoms with Crippen LogP contribution in [0.4, 0.5) is 0 Å². The second-order valence-corrected chi connectivity index (χ2v) is 7.09.